The fraction of sp³-hybridized carbons (Fsp3) is 0.923. The van der Waals surface area contributed by atoms with Crippen molar-refractivity contribution in [2.24, 2.45) is 5.92 Å². The van der Waals surface area contributed by atoms with Gasteiger partial charge in [0.05, 0.1) is 0 Å². The smallest absolute Gasteiger partial charge is 0.306 e. The van der Waals surface area contributed by atoms with Gasteiger partial charge in [-0.05, 0) is 44.4 Å². The lowest BCUT2D eigenvalue weighted by molar-refractivity contribution is -0.150. The Morgan fingerprint density at radius 1 is 0.933 bits per heavy atom. The van der Waals surface area contributed by atoms with Gasteiger partial charge in [0.15, 0.2) is 0 Å². The van der Waals surface area contributed by atoms with E-state index in [0.29, 0.717) is 12.3 Å². The molecule has 2 saturated carbocycles. The van der Waals surface area contributed by atoms with Crippen LogP contribution in [0.15, 0.2) is 0 Å². The molecule has 0 atom stereocenters. The molecule has 0 radical (unpaired) electrons. The first-order chi connectivity index (χ1) is 7.34. The standard InChI is InChI=1S/C13H22O2/c14-13(15-12-8-4-5-9-12)10-11-6-2-1-3-7-11/h11-12H,1-10H2. The van der Waals surface area contributed by atoms with Crippen LogP contribution in [0.5, 0.6) is 0 Å². The average molecular weight is 210 g/mol. The summed E-state index contributed by atoms with van der Waals surface area (Å²) in [6.07, 6.45) is 12.0. The van der Waals surface area contributed by atoms with Crippen LogP contribution in [-0.4, -0.2) is 12.1 Å². The van der Waals surface area contributed by atoms with Crippen molar-refractivity contribution in [2.45, 2.75) is 70.3 Å². The Kier molecular flexibility index (Phi) is 4.04. The summed E-state index contributed by atoms with van der Waals surface area (Å²) >= 11 is 0. The van der Waals surface area contributed by atoms with Crippen LogP contribution in [0.25, 0.3) is 0 Å². The minimum atomic E-state index is 0.0637. The molecule has 0 aromatic rings. The van der Waals surface area contributed by atoms with E-state index >= 15 is 0 Å². The van der Waals surface area contributed by atoms with Gasteiger partial charge in [-0.1, -0.05) is 19.3 Å². The molecule has 0 amide bonds. The molecule has 0 N–H and O–H groups in total. The second-order valence-corrected chi connectivity index (χ2v) is 5.10. The van der Waals surface area contributed by atoms with E-state index in [1.807, 2.05) is 0 Å². The predicted octanol–water partition coefficient (Wildman–Crippen LogP) is 3.44. The fourth-order valence-corrected chi connectivity index (χ4v) is 2.87. The maximum atomic E-state index is 11.6. The highest BCUT2D eigenvalue weighted by atomic mass is 16.5. The van der Waals surface area contributed by atoms with E-state index in [4.69, 9.17) is 4.74 Å². The third-order valence-corrected chi connectivity index (χ3v) is 3.78. The fourth-order valence-electron chi connectivity index (χ4n) is 2.87. The molecule has 0 unspecified atom stereocenters. The molecule has 2 aliphatic carbocycles. The lowest BCUT2D eigenvalue weighted by Gasteiger charge is -2.21. The summed E-state index contributed by atoms with van der Waals surface area (Å²) in [7, 11) is 0. The second kappa shape index (κ2) is 5.53. The van der Waals surface area contributed by atoms with Crippen molar-refractivity contribution in [1.82, 2.24) is 0 Å². The summed E-state index contributed by atoms with van der Waals surface area (Å²) in [6, 6.07) is 0. The second-order valence-electron chi connectivity index (χ2n) is 5.10. The third-order valence-electron chi connectivity index (χ3n) is 3.78. The SMILES string of the molecule is O=C(CC1CCCCC1)OC1CCCC1. The van der Waals surface area contributed by atoms with Crippen LogP contribution < -0.4 is 0 Å². The number of hydrogen-bond donors (Lipinski definition) is 0. The van der Waals surface area contributed by atoms with Crippen molar-refractivity contribution >= 4 is 5.97 Å². The molecule has 0 saturated heterocycles. The van der Waals surface area contributed by atoms with Crippen LogP contribution in [0.1, 0.15) is 64.2 Å². The lowest BCUT2D eigenvalue weighted by Crippen LogP contribution is -2.19. The van der Waals surface area contributed by atoms with Crippen LogP contribution in [0.4, 0.5) is 0 Å². The molecular weight excluding hydrogens is 188 g/mol. The maximum Gasteiger partial charge on any atom is 0.306 e. The molecular formula is C13H22O2. The van der Waals surface area contributed by atoms with Crippen LogP contribution >= 0.6 is 0 Å². The van der Waals surface area contributed by atoms with Crippen LogP contribution in [0, 0.1) is 5.92 Å². The summed E-state index contributed by atoms with van der Waals surface area (Å²) < 4.78 is 5.48. The van der Waals surface area contributed by atoms with E-state index in [2.05, 4.69) is 0 Å². The molecule has 2 aliphatic rings. The molecule has 0 bridgehead atoms. The molecule has 0 aromatic heterocycles. The molecule has 86 valence electrons. The van der Waals surface area contributed by atoms with Crippen molar-refractivity contribution < 1.29 is 9.53 Å². The van der Waals surface area contributed by atoms with Gasteiger partial charge < -0.3 is 4.74 Å². The van der Waals surface area contributed by atoms with Crippen molar-refractivity contribution in [1.29, 1.82) is 0 Å². The molecule has 2 heteroatoms. The van der Waals surface area contributed by atoms with Gasteiger partial charge in [-0.25, -0.2) is 0 Å². The summed E-state index contributed by atoms with van der Waals surface area (Å²) in [5.41, 5.74) is 0. The Balaban J connectivity index is 1.66. The lowest BCUT2D eigenvalue weighted by atomic mass is 9.87. The summed E-state index contributed by atoms with van der Waals surface area (Å²) in [5.74, 6) is 0.682. The molecule has 0 aliphatic heterocycles. The molecule has 2 fully saturated rings. The van der Waals surface area contributed by atoms with Crippen molar-refractivity contribution in [3.8, 4) is 0 Å². The molecule has 15 heavy (non-hydrogen) atoms. The normalized spacial score (nSPS) is 24.3. The first-order valence-electron chi connectivity index (χ1n) is 6.54. The van der Waals surface area contributed by atoms with Gasteiger partial charge in [-0.15, -0.1) is 0 Å². The van der Waals surface area contributed by atoms with E-state index in [-0.39, 0.29) is 12.1 Å². The van der Waals surface area contributed by atoms with Gasteiger partial charge >= 0.3 is 5.97 Å². The van der Waals surface area contributed by atoms with Gasteiger partial charge in [0, 0.05) is 6.42 Å². The Hall–Kier alpha value is -0.530. The number of hydrogen-bond acceptors (Lipinski definition) is 2. The number of esters is 1. The minimum absolute atomic E-state index is 0.0637. The van der Waals surface area contributed by atoms with Crippen LogP contribution in [0.3, 0.4) is 0 Å². The zero-order valence-electron chi connectivity index (χ0n) is 9.54. The Labute approximate surface area is 92.4 Å². The highest BCUT2D eigenvalue weighted by Crippen LogP contribution is 2.28. The van der Waals surface area contributed by atoms with Crippen LogP contribution in [0.2, 0.25) is 0 Å². The van der Waals surface area contributed by atoms with Gasteiger partial charge in [0.1, 0.15) is 6.10 Å². The summed E-state index contributed by atoms with van der Waals surface area (Å²) in [5, 5.41) is 0. The van der Waals surface area contributed by atoms with E-state index < -0.39 is 0 Å². The molecule has 2 rings (SSSR count). The summed E-state index contributed by atoms with van der Waals surface area (Å²) in [6.45, 7) is 0. The molecule has 0 aromatic carbocycles. The molecule has 2 nitrogen and oxygen atoms in total. The summed E-state index contributed by atoms with van der Waals surface area (Å²) in [4.78, 5) is 11.6. The highest BCUT2D eigenvalue weighted by molar-refractivity contribution is 5.69. The number of carbonyl (C=O) groups excluding carboxylic acids is 1. The largest absolute Gasteiger partial charge is 0.462 e. The molecule has 0 heterocycles. The third kappa shape index (κ3) is 3.51. The van der Waals surface area contributed by atoms with E-state index in [0.717, 1.165) is 12.8 Å². The van der Waals surface area contributed by atoms with Crippen molar-refractivity contribution in [3.63, 3.8) is 0 Å². The number of ether oxygens (including phenoxy) is 1. The number of rotatable bonds is 3. The average Bonchev–Trinajstić information content (AvgIpc) is 2.71. The Bertz CT molecular complexity index is 201. The van der Waals surface area contributed by atoms with Gasteiger partial charge in [0.2, 0.25) is 0 Å². The Morgan fingerprint density at radius 2 is 1.53 bits per heavy atom. The van der Waals surface area contributed by atoms with Crippen molar-refractivity contribution in [3.05, 3.63) is 0 Å². The topological polar surface area (TPSA) is 26.3 Å². The monoisotopic (exact) mass is 210 g/mol. The first kappa shape index (κ1) is 11.0. The quantitative estimate of drug-likeness (QED) is 0.667. The van der Waals surface area contributed by atoms with Gasteiger partial charge in [0.25, 0.3) is 0 Å². The van der Waals surface area contributed by atoms with E-state index in [9.17, 15) is 4.79 Å². The highest BCUT2D eigenvalue weighted by Gasteiger charge is 2.22. The van der Waals surface area contributed by atoms with Gasteiger partial charge in [-0.3, -0.25) is 4.79 Å². The zero-order chi connectivity index (χ0) is 10.5. The van der Waals surface area contributed by atoms with E-state index in [1.54, 1.807) is 0 Å². The minimum Gasteiger partial charge on any atom is -0.462 e. The van der Waals surface area contributed by atoms with Crippen molar-refractivity contribution in [2.75, 3.05) is 0 Å². The van der Waals surface area contributed by atoms with Gasteiger partial charge in [-0.2, -0.15) is 0 Å². The zero-order valence-corrected chi connectivity index (χ0v) is 9.54. The Morgan fingerprint density at radius 3 is 2.20 bits per heavy atom. The maximum absolute atomic E-state index is 11.6. The number of carbonyl (C=O) groups is 1. The first-order valence-corrected chi connectivity index (χ1v) is 6.54. The predicted molar refractivity (Wildman–Crippen MR) is 59.5 cm³/mol. The molecule has 0 spiro atoms. The van der Waals surface area contributed by atoms with E-state index in [1.165, 1.54) is 44.9 Å². The van der Waals surface area contributed by atoms with Crippen LogP contribution in [-0.2, 0) is 9.53 Å².